The SMILES string of the molecule is CCOC(C)OCCCN1C(C(=O)OC)C(=O)C2CC(C)C1C2. The molecule has 2 bridgehead atoms. The molecule has 6 nitrogen and oxygen atoms in total. The summed E-state index contributed by atoms with van der Waals surface area (Å²) in [5.74, 6) is 0.0508. The summed E-state index contributed by atoms with van der Waals surface area (Å²) in [5.41, 5.74) is 0. The molecule has 1 aliphatic carbocycles. The molecule has 0 aromatic heterocycles. The number of hydrogen-bond donors (Lipinski definition) is 0. The first-order valence-corrected chi connectivity index (χ1v) is 8.60. The standard InChI is InChI=1S/C17H29NO5/c1-5-22-12(3)23-8-6-7-18-14-10-13(9-11(14)2)16(19)15(18)17(20)21-4/h11-15H,5-10H2,1-4H3. The highest BCUT2D eigenvalue weighted by molar-refractivity contribution is 6.05. The molecule has 0 amide bonds. The van der Waals surface area contributed by atoms with Crippen LogP contribution in [0.1, 0.15) is 40.0 Å². The Morgan fingerprint density at radius 2 is 2.09 bits per heavy atom. The van der Waals surface area contributed by atoms with Gasteiger partial charge in [-0.15, -0.1) is 0 Å². The minimum atomic E-state index is -0.738. The Bertz CT molecular complexity index is 427. The number of hydrogen-bond acceptors (Lipinski definition) is 6. The van der Waals surface area contributed by atoms with Crippen molar-refractivity contribution in [1.82, 2.24) is 4.90 Å². The predicted octanol–water partition coefficient (Wildman–Crippen LogP) is 1.62. The molecule has 1 saturated carbocycles. The molecule has 1 heterocycles. The molecule has 132 valence electrons. The van der Waals surface area contributed by atoms with E-state index in [9.17, 15) is 9.59 Å². The lowest BCUT2D eigenvalue weighted by Crippen LogP contribution is -2.56. The van der Waals surface area contributed by atoms with Crippen LogP contribution >= 0.6 is 0 Å². The van der Waals surface area contributed by atoms with E-state index < -0.39 is 12.0 Å². The number of rotatable bonds is 8. The van der Waals surface area contributed by atoms with E-state index in [0.29, 0.717) is 25.7 Å². The molecule has 0 N–H and O–H groups in total. The molecule has 2 rings (SSSR count). The second-order valence-electron chi connectivity index (χ2n) is 6.53. The van der Waals surface area contributed by atoms with Crippen molar-refractivity contribution in [2.24, 2.45) is 11.8 Å². The van der Waals surface area contributed by atoms with E-state index in [0.717, 1.165) is 19.3 Å². The number of likely N-dealkylation sites (tertiary alicyclic amines) is 1. The van der Waals surface area contributed by atoms with Gasteiger partial charge in [-0.1, -0.05) is 6.92 Å². The van der Waals surface area contributed by atoms with Crippen molar-refractivity contribution < 1.29 is 23.8 Å². The first-order chi connectivity index (χ1) is 11.0. The molecule has 0 aromatic rings. The van der Waals surface area contributed by atoms with E-state index >= 15 is 0 Å². The third-order valence-corrected chi connectivity index (χ3v) is 5.01. The van der Waals surface area contributed by atoms with Crippen molar-refractivity contribution in [3.8, 4) is 0 Å². The highest BCUT2D eigenvalue weighted by Crippen LogP contribution is 2.41. The summed E-state index contributed by atoms with van der Waals surface area (Å²) in [6, 6.07) is -0.455. The average molecular weight is 327 g/mol. The van der Waals surface area contributed by atoms with Gasteiger partial charge in [0.2, 0.25) is 0 Å². The molecular formula is C17H29NO5. The largest absolute Gasteiger partial charge is 0.468 e. The molecule has 0 radical (unpaired) electrons. The van der Waals surface area contributed by atoms with Crippen LogP contribution in [0.4, 0.5) is 0 Å². The summed E-state index contributed by atoms with van der Waals surface area (Å²) in [7, 11) is 1.35. The zero-order chi connectivity index (χ0) is 17.0. The maximum Gasteiger partial charge on any atom is 0.330 e. The Labute approximate surface area is 138 Å². The van der Waals surface area contributed by atoms with Crippen molar-refractivity contribution in [3.05, 3.63) is 0 Å². The van der Waals surface area contributed by atoms with Gasteiger partial charge in [-0.2, -0.15) is 0 Å². The van der Waals surface area contributed by atoms with Crippen LogP contribution in [0.5, 0.6) is 0 Å². The molecule has 6 heteroatoms. The lowest BCUT2D eigenvalue weighted by molar-refractivity contribution is -0.156. The van der Waals surface area contributed by atoms with Gasteiger partial charge in [0.1, 0.15) is 0 Å². The smallest absolute Gasteiger partial charge is 0.330 e. The summed E-state index contributed by atoms with van der Waals surface area (Å²) in [4.78, 5) is 26.7. The molecule has 5 unspecified atom stereocenters. The van der Waals surface area contributed by atoms with E-state index in [1.54, 1.807) is 0 Å². The Morgan fingerprint density at radius 1 is 1.35 bits per heavy atom. The number of ketones is 1. The van der Waals surface area contributed by atoms with Gasteiger partial charge in [0.05, 0.1) is 13.7 Å². The van der Waals surface area contributed by atoms with Crippen LogP contribution in [0.3, 0.4) is 0 Å². The molecule has 0 aromatic carbocycles. The third kappa shape index (κ3) is 4.11. The summed E-state index contributed by atoms with van der Waals surface area (Å²) < 4.78 is 15.8. The van der Waals surface area contributed by atoms with Crippen LogP contribution < -0.4 is 0 Å². The van der Waals surface area contributed by atoms with Crippen molar-refractivity contribution in [2.75, 3.05) is 26.9 Å². The molecule has 0 spiro atoms. The average Bonchev–Trinajstić information content (AvgIpc) is 2.87. The lowest BCUT2D eigenvalue weighted by Gasteiger charge is -2.39. The fourth-order valence-electron chi connectivity index (χ4n) is 3.94. The number of esters is 1. The normalized spacial score (nSPS) is 32.1. The number of nitrogens with zero attached hydrogens (tertiary/aromatic N) is 1. The highest BCUT2D eigenvalue weighted by atomic mass is 16.7. The monoisotopic (exact) mass is 327 g/mol. The van der Waals surface area contributed by atoms with E-state index in [-0.39, 0.29) is 24.0 Å². The topological polar surface area (TPSA) is 65.1 Å². The van der Waals surface area contributed by atoms with E-state index in [1.807, 2.05) is 18.7 Å². The number of ether oxygens (including phenoxy) is 3. The lowest BCUT2D eigenvalue weighted by atomic mass is 9.90. The molecule has 2 fully saturated rings. The van der Waals surface area contributed by atoms with Gasteiger partial charge in [-0.25, -0.2) is 4.79 Å². The van der Waals surface area contributed by atoms with Gasteiger partial charge in [-0.3, -0.25) is 9.69 Å². The maximum absolute atomic E-state index is 12.6. The minimum Gasteiger partial charge on any atom is -0.468 e. The quantitative estimate of drug-likeness (QED) is 0.292. The predicted molar refractivity (Wildman–Crippen MR) is 84.9 cm³/mol. The number of methoxy groups -OCH3 is 1. The first-order valence-electron chi connectivity index (χ1n) is 8.60. The first kappa shape index (κ1) is 18.4. The fourth-order valence-corrected chi connectivity index (χ4v) is 3.94. The van der Waals surface area contributed by atoms with Gasteiger partial charge in [0.25, 0.3) is 0 Å². The summed E-state index contributed by atoms with van der Waals surface area (Å²) in [6.07, 6.45) is 2.27. The number of piperidine rings is 1. The van der Waals surface area contributed by atoms with E-state index in [2.05, 4.69) is 6.92 Å². The Morgan fingerprint density at radius 3 is 2.74 bits per heavy atom. The molecule has 2 aliphatic rings. The van der Waals surface area contributed by atoms with Crippen molar-refractivity contribution in [1.29, 1.82) is 0 Å². The van der Waals surface area contributed by atoms with Crippen LogP contribution in [0.15, 0.2) is 0 Å². The molecular weight excluding hydrogens is 298 g/mol. The molecule has 1 saturated heterocycles. The van der Waals surface area contributed by atoms with Gasteiger partial charge < -0.3 is 14.2 Å². The summed E-state index contributed by atoms with van der Waals surface area (Å²) >= 11 is 0. The van der Waals surface area contributed by atoms with Crippen LogP contribution in [-0.2, 0) is 23.8 Å². The minimum absolute atomic E-state index is 0.0181. The van der Waals surface area contributed by atoms with Crippen molar-refractivity contribution in [2.45, 2.75) is 58.4 Å². The second kappa shape index (κ2) is 8.22. The number of carbonyl (C=O) groups excluding carboxylic acids is 2. The van der Waals surface area contributed by atoms with Crippen LogP contribution in [0.2, 0.25) is 0 Å². The van der Waals surface area contributed by atoms with E-state index in [4.69, 9.17) is 14.2 Å². The third-order valence-electron chi connectivity index (χ3n) is 5.01. The van der Waals surface area contributed by atoms with Crippen LogP contribution in [-0.4, -0.2) is 61.9 Å². The van der Waals surface area contributed by atoms with Crippen LogP contribution in [0, 0.1) is 11.8 Å². The van der Waals surface area contributed by atoms with Gasteiger partial charge >= 0.3 is 5.97 Å². The Kier molecular flexibility index (Phi) is 6.56. The summed E-state index contributed by atoms with van der Waals surface area (Å²) in [6.45, 7) is 7.79. The van der Waals surface area contributed by atoms with Gasteiger partial charge in [-0.05, 0) is 39.0 Å². The molecule has 23 heavy (non-hydrogen) atoms. The molecule has 5 atom stereocenters. The summed E-state index contributed by atoms with van der Waals surface area (Å²) in [5, 5.41) is 0. The second-order valence-corrected chi connectivity index (χ2v) is 6.53. The van der Waals surface area contributed by atoms with Crippen molar-refractivity contribution in [3.63, 3.8) is 0 Å². The zero-order valence-electron chi connectivity index (χ0n) is 14.6. The maximum atomic E-state index is 12.6. The zero-order valence-corrected chi connectivity index (χ0v) is 14.6. The van der Waals surface area contributed by atoms with Gasteiger partial charge in [0.15, 0.2) is 18.1 Å². The molecule has 1 aliphatic heterocycles. The number of fused-ring (bicyclic) bond motifs is 2. The highest BCUT2D eigenvalue weighted by Gasteiger charge is 2.51. The number of Topliss-reactive ketones (excluding diaryl/α,β-unsaturated/α-hetero) is 1. The van der Waals surface area contributed by atoms with Crippen molar-refractivity contribution >= 4 is 11.8 Å². The van der Waals surface area contributed by atoms with E-state index in [1.165, 1.54) is 7.11 Å². The fraction of sp³-hybridized carbons (Fsp3) is 0.882. The van der Waals surface area contributed by atoms with Crippen LogP contribution in [0.25, 0.3) is 0 Å². The van der Waals surface area contributed by atoms with Gasteiger partial charge in [0, 0.05) is 25.1 Å². The Balaban J connectivity index is 1.95. The Hall–Kier alpha value is -0.980. The number of carbonyl (C=O) groups is 2.